The number of aromatic nitrogens is 3. The molecule has 168 valence electrons. The van der Waals surface area contributed by atoms with Crippen molar-refractivity contribution in [2.75, 3.05) is 20.3 Å². The summed E-state index contributed by atoms with van der Waals surface area (Å²) in [5.74, 6) is 0.0800. The SMILES string of the molecule is CCOc1ccc(CN(C)C(=O)COC(=O)c2nc(-n3nc(C)cc3C)ccc2Cl)cc1. The summed E-state index contributed by atoms with van der Waals surface area (Å²) in [5, 5.41) is 4.49. The fourth-order valence-electron chi connectivity index (χ4n) is 3.08. The monoisotopic (exact) mass is 456 g/mol. The number of ether oxygens (including phenoxy) is 2. The molecule has 1 amide bonds. The van der Waals surface area contributed by atoms with Crippen molar-refractivity contribution in [2.24, 2.45) is 0 Å². The minimum atomic E-state index is -0.777. The zero-order valence-electron chi connectivity index (χ0n) is 18.5. The van der Waals surface area contributed by atoms with E-state index in [-0.39, 0.29) is 16.6 Å². The van der Waals surface area contributed by atoms with Gasteiger partial charge in [0.2, 0.25) is 0 Å². The summed E-state index contributed by atoms with van der Waals surface area (Å²) in [6.07, 6.45) is 0. The topological polar surface area (TPSA) is 86.5 Å². The fourth-order valence-corrected chi connectivity index (χ4v) is 3.26. The highest BCUT2D eigenvalue weighted by Gasteiger charge is 2.19. The summed E-state index contributed by atoms with van der Waals surface area (Å²) in [6, 6.07) is 12.6. The Balaban J connectivity index is 1.61. The van der Waals surface area contributed by atoms with Crippen LogP contribution in [0.2, 0.25) is 5.02 Å². The van der Waals surface area contributed by atoms with E-state index in [2.05, 4.69) is 10.1 Å². The van der Waals surface area contributed by atoms with E-state index in [0.29, 0.717) is 19.0 Å². The number of rotatable bonds is 8. The number of halogens is 1. The molecule has 0 saturated carbocycles. The summed E-state index contributed by atoms with van der Waals surface area (Å²) in [7, 11) is 1.64. The molecule has 0 N–H and O–H groups in total. The first kappa shape index (κ1) is 23.3. The Morgan fingerprint density at radius 3 is 2.47 bits per heavy atom. The first-order valence-electron chi connectivity index (χ1n) is 10.1. The Kier molecular flexibility index (Phi) is 7.48. The summed E-state index contributed by atoms with van der Waals surface area (Å²) in [6.45, 7) is 6.20. The van der Waals surface area contributed by atoms with Gasteiger partial charge in [0.1, 0.15) is 5.75 Å². The molecule has 0 saturated heterocycles. The van der Waals surface area contributed by atoms with Gasteiger partial charge in [0.05, 0.1) is 17.3 Å². The molecule has 0 fully saturated rings. The van der Waals surface area contributed by atoms with Gasteiger partial charge in [-0.25, -0.2) is 14.5 Å². The molecule has 2 heterocycles. The molecule has 0 spiro atoms. The second kappa shape index (κ2) is 10.3. The van der Waals surface area contributed by atoms with Crippen molar-refractivity contribution in [2.45, 2.75) is 27.3 Å². The Morgan fingerprint density at radius 2 is 1.84 bits per heavy atom. The molecule has 3 aromatic rings. The van der Waals surface area contributed by atoms with Crippen LogP contribution in [0.5, 0.6) is 5.75 Å². The average Bonchev–Trinajstić information content (AvgIpc) is 3.11. The first-order valence-corrected chi connectivity index (χ1v) is 10.5. The number of esters is 1. The Bertz CT molecular complexity index is 1110. The number of carbonyl (C=O) groups excluding carboxylic acids is 2. The van der Waals surface area contributed by atoms with Gasteiger partial charge in [0.15, 0.2) is 18.1 Å². The third-order valence-electron chi connectivity index (χ3n) is 4.66. The van der Waals surface area contributed by atoms with Crippen LogP contribution in [0.15, 0.2) is 42.5 Å². The first-order chi connectivity index (χ1) is 15.3. The van der Waals surface area contributed by atoms with Crippen LogP contribution in [0.1, 0.15) is 34.4 Å². The molecule has 32 heavy (non-hydrogen) atoms. The van der Waals surface area contributed by atoms with Crippen molar-refractivity contribution < 1.29 is 19.1 Å². The lowest BCUT2D eigenvalue weighted by Gasteiger charge is -2.17. The maximum absolute atomic E-state index is 12.5. The lowest BCUT2D eigenvalue weighted by atomic mass is 10.2. The Morgan fingerprint density at radius 1 is 1.12 bits per heavy atom. The second-order valence-corrected chi connectivity index (χ2v) is 7.65. The van der Waals surface area contributed by atoms with Crippen LogP contribution in [0.3, 0.4) is 0 Å². The largest absolute Gasteiger partial charge is 0.494 e. The molecule has 0 aliphatic heterocycles. The van der Waals surface area contributed by atoms with E-state index in [1.807, 2.05) is 51.1 Å². The minimum absolute atomic E-state index is 0.0707. The van der Waals surface area contributed by atoms with E-state index in [9.17, 15) is 9.59 Å². The van der Waals surface area contributed by atoms with Crippen molar-refractivity contribution in [3.05, 3.63) is 70.1 Å². The summed E-state index contributed by atoms with van der Waals surface area (Å²) in [5.41, 5.74) is 2.55. The molecule has 0 unspecified atom stereocenters. The van der Waals surface area contributed by atoms with Gasteiger partial charge in [-0.15, -0.1) is 0 Å². The van der Waals surface area contributed by atoms with Crippen molar-refractivity contribution in [1.29, 1.82) is 0 Å². The quantitative estimate of drug-likeness (QED) is 0.480. The highest BCUT2D eigenvalue weighted by atomic mass is 35.5. The average molecular weight is 457 g/mol. The highest BCUT2D eigenvalue weighted by molar-refractivity contribution is 6.33. The van der Waals surface area contributed by atoms with Crippen LogP contribution in [-0.2, 0) is 16.1 Å². The van der Waals surface area contributed by atoms with E-state index in [1.165, 1.54) is 4.90 Å². The van der Waals surface area contributed by atoms with Gasteiger partial charge in [-0.1, -0.05) is 23.7 Å². The molecule has 8 nitrogen and oxygen atoms in total. The van der Waals surface area contributed by atoms with Crippen molar-refractivity contribution >= 4 is 23.5 Å². The number of benzene rings is 1. The predicted molar refractivity (Wildman–Crippen MR) is 120 cm³/mol. The van der Waals surface area contributed by atoms with Gasteiger partial charge < -0.3 is 14.4 Å². The van der Waals surface area contributed by atoms with E-state index < -0.39 is 12.6 Å². The maximum Gasteiger partial charge on any atom is 0.359 e. The number of likely N-dealkylation sites (N-methyl/N-ethyl adjacent to an activating group) is 1. The maximum atomic E-state index is 12.5. The van der Waals surface area contributed by atoms with Crippen molar-refractivity contribution in [3.8, 4) is 11.6 Å². The smallest absolute Gasteiger partial charge is 0.359 e. The van der Waals surface area contributed by atoms with Crippen LogP contribution >= 0.6 is 11.6 Å². The third kappa shape index (κ3) is 5.64. The van der Waals surface area contributed by atoms with E-state index in [4.69, 9.17) is 21.1 Å². The lowest BCUT2D eigenvalue weighted by molar-refractivity contribution is -0.133. The number of amides is 1. The third-order valence-corrected chi connectivity index (χ3v) is 4.96. The van der Waals surface area contributed by atoms with Crippen LogP contribution < -0.4 is 4.74 Å². The zero-order valence-corrected chi connectivity index (χ0v) is 19.2. The van der Waals surface area contributed by atoms with E-state index in [1.54, 1.807) is 23.9 Å². The van der Waals surface area contributed by atoms with Gasteiger partial charge in [0.25, 0.3) is 5.91 Å². The number of hydrogen-bond donors (Lipinski definition) is 0. The normalized spacial score (nSPS) is 10.7. The zero-order chi connectivity index (χ0) is 23.3. The van der Waals surface area contributed by atoms with Gasteiger partial charge in [0, 0.05) is 19.3 Å². The number of pyridine rings is 1. The van der Waals surface area contributed by atoms with E-state index in [0.717, 1.165) is 22.7 Å². The molecule has 2 aromatic heterocycles. The van der Waals surface area contributed by atoms with Crippen molar-refractivity contribution in [1.82, 2.24) is 19.7 Å². The van der Waals surface area contributed by atoms with Crippen LogP contribution in [0.4, 0.5) is 0 Å². The summed E-state index contributed by atoms with van der Waals surface area (Å²) < 4.78 is 12.2. The number of nitrogens with zero attached hydrogens (tertiary/aromatic N) is 4. The standard InChI is InChI=1S/C23H25ClN4O4/c1-5-31-18-8-6-17(7-9-18)13-27(4)21(29)14-32-23(30)22-19(24)10-11-20(25-22)28-16(3)12-15(2)26-28/h6-12H,5,13-14H2,1-4H3. The van der Waals surface area contributed by atoms with Gasteiger partial charge in [-0.3, -0.25) is 4.79 Å². The van der Waals surface area contributed by atoms with Gasteiger partial charge in [-0.05, 0) is 56.7 Å². The molecular weight excluding hydrogens is 432 g/mol. The molecule has 0 aliphatic rings. The van der Waals surface area contributed by atoms with Gasteiger partial charge >= 0.3 is 5.97 Å². The highest BCUT2D eigenvalue weighted by Crippen LogP contribution is 2.19. The number of carbonyl (C=O) groups is 2. The Hall–Kier alpha value is -3.39. The number of aryl methyl sites for hydroxylation is 2. The molecule has 3 rings (SSSR count). The predicted octanol–water partition coefficient (Wildman–Crippen LogP) is 3.75. The van der Waals surface area contributed by atoms with Gasteiger partial charge in [-0.2, -0.15) is 5.10 Å². The molecule has 9 heteroatoms. The molecule has 0 bridgehead atoms. The Labute approximate surface area is 191 Å². The second-order valence-electron chi connectivity index (χ2n) is 7.24. The molecule has 0 radical (unpaired) electrons. The molecular formula is C23H25ClN4O4. The molecule has 1 aromatic carbocycles. The summed E-state index contributed by atoms with van der Waals surface area (Å²) >= 11 is 6.15. The minimum Gasteiger partial charge on any atom is -0.494 e. The lowest BCUT2D eigenvalue weighted by Crippen LogP contribution is -2.31. The van der Waals surface area contributed by atoms with Crippen LogP contribution in [-0.4, -0.2) is 51.8 Å². The molecule has 0 atom stereocenters. The molecule has 0 aliphatic carbocycles. The fraction of sp³-hybridized carbons (Fsp3) is 0.304. The number of hydrogen-bond acceptors (Lipinski definition) is 6. The van der Waals surface area contributed by atoms with Crippen molar-refractivity contribution in [3.63, 3.8) is 0 Å². The van der Waals surface area contributed by atoms with E-state index >= 15 is 0 Å². The van der Waals surface area contributed by atoms with Crippen LogP contribution in [0, 0.1) is 13.8 Å². The summed E-state index contributed by atoms with van der Waals surface area (Å²) in [4.78, 5) is 30.7. The van der Waals surface area contributed by atoms with Crippen LogP contribution in [0.25, 0.3) is 5.82 Å².